The van der Waals surface area contributed by atoms with Crippen molar-refractivity contribution in [2.45, 2.75) is 31.9 Å². The zero-order valence-corrected chi connectivity index (χ0v) is 19.1. The first-order valence-electron chi connectivity index (χ1n) is 10.9. The highest BCUT2D eigenvalue weighted by molar-refractivity contribution is 6.34. The monoisotopic (exact) mass is 500 g/mol. The molecule has 0 saturated carbocycles. The molecule has 3 heterocycles. The minimum Gasteiger partial charge on any atom is -0.406 e. The number of halogens is 4. The Morgan fingerprint density at radius 2 is 1.74 bits per heavy atom. The normalized spacial score (nSPS) is 17.3. The van der Waals surface area contributed by atoms with Gasteiger partial charge in [0.25, 0.3) is 5.91 Å². The van der Waals surface area contributed by atoms with Gasteiger partial charge in [0, 0.05) is 44.2 Å². The lowest BCUT2D eigenvalue weighted by Gasteiger charge is -2.17. The number of fused-ring (bicyclic) bond motifs is 1. The Balaban J connectivity index is 1.26. The smallest absolute Gasteiger partial charge is 0.406 e. The number of benzene rings is 2. The Labute approximate surface area is 204 Å². The molecule has 0 aliphatic carbocycles. The molecule has 3 aromatic rings. The van der Waals surface area contributed by atoms with Crippen molar-refractivity contribution in [3.05, 3.63) is 93.8 Å². The third-order valence-corrected chi connectivity index (χ3v) is 6.24. The molecule has 1 amide bonds. The van der Waals surface area contributed by atoms with Crippen molar-refractivity contribution in [2.24, 2.45) is 5.10 Å². The first kappa shape index (κ1) is 23.2. The van der Waals surface area contributed by atoms with Gasteiger partial charge < -0.3 is 9.64 Å². The molecule has 0 N–H and O–H groups in total. The van der Waals surface area contributed by atoms with E-state index in [9.17, 15) is 18.0 Å². The van der Waals surface area contributed by atoms with Crippen LogP contribution in [0, 0.1) is 0 Å². The zero-order chi connectivity index (χ0) is 24.6. The van der Waals surface area contributed by atoms with Gasteiger partial charge in [-0.25, -0.2) is 0 Å². The second kappa shape index (κ2) is 9.22. The Bertz CT molecular complexity index is 1270. The molecule has 0 spiro atoms. The maximum atomic E-state index is 13.0. The van der Waals surface area contributed by atoms with E-state index in [4.69, 9.17) is 11.6 Å². The number of carbonyl (C=O) groups is 1. The predicted octanol–water partition coefficient (Wildman–Crippen LogP) is 5.37. The molecule has 2 aliphatic heterocycles. The van der Waals surface area contributed by atoms with Crippen LogP contribution in [-0.4, -0.2) is 39.9 Å². The summed E-state index contributed by atoms with van der Waals surface area (Å²) in [6, 6.07) is 13.2. The lowest BCUT2D eigenvalue weighted by Crippen LogP contribution is -2.23. The summed E-state index contributed by atoms with van der Waals surface area (Å²) in [7, 11) is 0. The molecule has 0 radical (unpaired) electrons. The molecule has 180 valence electrons. The molecule has 0 saturated heterocycles. The Kier molecular flexibility index (Phi) is 6.10. The average Bonchev–Trinajstić information content (AvgIpc) is 3.39. The van der Waals surface area contributed by atoms with Crippen LogP contribution < -0.4 is 4.74 Å². The first-order valence-corrected chi connectivity index (χ1v) is 11.3. The number of aromatic nitrogens is 1. The topological polar surface area (TPSA) is 58.0 Å². The molecule has 1 aromatic heterocycles. The van der Waals surface area contributed by atoms with Crippen molar-refractivity contribution in [3.63, 3.8) is 0 Å². The second-order valence-electron chi connectivity index (χ2n) is 8.46. The number of carbonyl (C=O) groups excluding carboxylic acids is 1. The summed E-state index contributed by atoms with van der Waals surface area (Å²) in [6.07, 6.45) is 0.640. The summed E-state index contributed by atoms with van der Waals surface area (Å²) in [6.45, 7) is 1.98. The summed E-state index contributed by atoms with van der Waals surface area (Å²) in [5, 5.41) is 6.88. The van der Waals surface area contributed by atoms with Gasteiger partial charge in [-0.15, -0.1) is 13.2 Å². The van der Waals surface area contributed by atoms with Gasteiger partial charge in [0.2, 0.25) is 0 Å². The number of rotatable bonds is 6. The Morgan fingerprint density at radius 3 is 2.46 bits per heavy atom. The number of ether oxygens (including phenoxy) is 1. The van der Waals surface area contributed by atoms with Crippen molar-refractivity contribution in [1.29, 1.82) is 0 Å². The lowest BCUT2D eigenvalue weighted by atomic mass is 9.96. The molecule has 0 bridgehead atoms. The van der Waals surface area contributed by atoms with Gasteiger partial charge in [0.15, 0.2) is 0 Å². The zero-order valence-electron chi connectivity index (χ0n) is 18.4. The minimum atomic E-state index is -4.75. The quantitative estimate of drug-likeness (QED) is 0.456. The maximum absolute atomic E-state index is 13.0. The number of hydrogen-bond donors (Lipinski definition) is 0. The third kappa shape index (κ3) is 5.24. The van der Waals surface area contributed by atoms with Crippen LogP contribution in [-0.2, 0) is 19.6 Å². The van der Waals surface area contributed by atoms with Crippen molar-refractivity contribution in [3.8, 4) is 5.75 Å². The minimum absolute atomic E-state index is 0.0463. The van der Waals surface area contributed by atoms with Gasteiger partial charge in [-0.1, -0.05) is 29.8 Å². The van der Waals surface area contributed by atoms with Gasteiger partial charge in [-0.3, -0.25) is 14.8 Å². The summed E-state index contributed by atoms with van der Waals surface area (Å²) in [4.78, 5) is 18.6. The highest BCUT2D eigenvalue weighted by Crippen LogP contribution is 2.35. The van der Waals surface area contributed by atoms with E-state index in [-0.39, 0.29) is 24.1 Å². The van der Waals surface area contributed by atoms with Crippen LogP contribution in [0.1, 0.15) is 38.5 Å². The molecule has 10 heteroatoms. The van der Waals surface area contributed by atoms with Crippen molar-refractivity contribution < 1.29 is 22.7 Å². The van der Waals surface area contributed by atoms with Gasteiger partial charge >= 0.3 is 6.36 Å². The van der Waals surface area contributed by atoms with Gasteiger partial charge in [-0.2, -0.15) is 5.10 Å². The number of amides is 1. The first-order chi connectivity index (χ1) is 16.7. The van der Waals surface area contributed by atoms with Crippen LogP contribution in [0.3, 0.4) is 0 Å². The Hall–Kier alpha value is -3.59. The van der Waals surface area contributed by atoms with Crippen LogP contribution in [0.15, 0.2) is 66.0 Å². The van der Waals surface area contributed by atoms with Crippen molar-refractivity contribution in [2.75, 3.05) is 6.54 Å². The van der Waals surface area contributed by atoms with E-state index in [0.717, 1.165) is 16.7 Å². The van der Waals surface area contributed by atoms with E-state index in [1.807, 2.05) is 35.5 Å². The number of alkyl halides is 3. The van der Waals surface area contributed by atoms with Gasteiger partial charge in [0.1, 0.15) is 5.75 Å². The SMILES string of the molecule is O=C1c2c(Cl)cc(C3C=NN(Cc4ccncc4)C3)cc2CN1Cc1ccc(OC(F)(F)F)cc1. The summed E-state index contributed by atoms with van der Waals surface area (Å²) in [5.41, 5.74) is 4.08. The average molecular weight is 501 g/mol. The molecule has 5 rings (SSSR count). The van der Waals surface area contributed by atoms with E-state index in [0.29, 0.717) is 35.8 Å². The van der Waals surface area contributed by atoms with E-state index in [2.05, 4.69) is 14.8 Å². The number of hydrazone groups is 1. The number of nitrogens with zero attached hydrogens (tertiary/aromatic N) is 4. The van der Waals surface area contributed by atoms with Gasteiger partial charge in [0.05, 0.1) is 17.1 Å². The van der Waals surface area contributed by atoms with Gasteiger partial charge in [-0.05, 0) is 52.6 Å². The summed E-state index contributed by atoms with van der Waals surface area (Å²) >= 11 is 6.53. The highest BCUT2D eigenvalue weighted by atomic mass is 35.5. The second-order valence-corrected chi connectivity index (χ2v) is 8.87. The molecule has 2 aromatic carbocycles. The lowest BCUT2D eigenvalue weighted by molar-refractivity contribution is -0.274. The molecule has 2 aliphatic rings. The van der Waals surface area contributed by atoms with Crippen LogP contribution in [0.2, 0.25) is 5.02 Å². The predicted molar refractivity (Wildman–Crippen MR) is 124 cm³/mol. The Morgan fingerprint density at radius 1 is 1.03 bits per heavy atom. The summed E-state index contributed by atoms with van der Waals surface area (Å²) in [5.74, 6) is -0.460. The van der Waals surface area contributed by atoms with E-state index < -0.39 is 6.36 Å². The van der Waals surface area contributed by atoms with E-state index in [1.165, 1.54) is 24.3 Å². The fraction of sp³-hybridized carbons (Fsp3) is 0.240. The van der Waals surface area contributed by atoms with Crippen LogP contribution in [0.25, 0.3) is 0 Å². The molecule has 6 nitrogen and oxygen atoms in total. The molecule has 0 fully saturated rings. The molecule has 35 heavy (non-hydrogen) atoms. The molecule has 1 unspecified atom stereocenters. The molecular formula is C25H20ClF3N4O2. The highest BCUT2D eigenvalue weighted by Gasteiger charge is 2.33. The molecular weight excluding hydrogens is 481 g/mol. The fourth-order valence-corrected chi connectivity index (χ4v) is 4.67. The fourth-order valence-electron chi connectivity index (χ4n) is 4.34. The largest absolute Gasteiger partial charge is 0.573 e. The van der Waals surface area contributed by atoms with Crippen LogP contribution in [0.5, 0.6) is 5.75 Å². The van der Waals surface area contributed by atoms with Crippen LogP contribution >= 0.6 is 11.6 Å². The van der Waals surface area contributed by atoms with Crippen molar-refractivity contribution in [1.82, 2.24) is 14.9 Å². The third-order valence-electron chi connectivity index (χ3n) is 5.95. The maximum Gasteiger partial charge on any atom is 0.573 e. The van der Waals surface area contributed by atoms with E-state index >= 15 is 0 Å². The number of hydrogen-bond acceptors (Lipinski definition) is 5. The standard InChI is InChI=1S/C25H20ClF3N4O2/c26-22-10-18(20-11-31-33(15-20)13-17-5-7-30-8-6-17)9-19-14-32(24(34)23(19)22)12-16-1-3-21(4-2-16)35-25(27,28)29/h1-11,20H,12-15H2. The van der Waals surface area contributed by atoms with E-state index in [1.54, 1.807) is 17.3 Å². The van der Waals surface area contributed by atoms with Crippen LogP contribution in [0.4, 0.5) is 13.2 Å². The van der Waals surface area contributed by atoms with Crippen molar-refractivity contribution >= 4 is 23.7 Å². The summed E-state index contributed by atoms with van der Waals surface area (Å²) < 4.78 is 41.0. The molecule has 1 atom stereocenters. The number of pyridine rings is 1.